The van der Waals surface area contributed by atoms with Gasteiger partial charge in [0.15, 0.2) is 6.61 Å². The number of amides is 2. The van der Waals surface area contributed by atoms with Crippen LogP contribution in [-0.2, 0) is 19.7 Å². The Morgan fingerprint density at radius 2 is 1.64 bits per heavy atom. The molecule has 0 aromatic heterocycles. The highest BCUT2D eigenvalue weighted by molar-refractivity contribution is 5.95. The largest absolute Gasteiger partial charge is 0.452 e. The lowest BCUT2D eigenvalue weighted by Gasteiger charge is -2.18. The van der Waals surface area contributed by atoms with E-state index in [4.69, 9.17) is 4.74 Å². The summed E-state index contributed by atoms with van der Waals surface area (Å²) in [6.45, 7) is 7.43. The third kappa shape index (κ3) is 5.55. The Morgan fingerprint density at radius 1 is 1.05 bits per heavy atom. The number of esters is 1. The molecule has 0 saturated heterocycles. The summed E-state index contributed by atoms with van der Waals surface area (Å²) in [7, 11) is 0. The van der Waals surface area contributed by atoms with Crippen LogP contribution in [0.5, 0.6) is 0 Å². The highest BCUT2D eigenvalue weighted by Crippen LogP contribution is 2.22. The number of nitrogens with one attached hydrogen (secondary N) is 1. The van der Waals surface area contributed by atoms with Crippen molar-refractivity contribution in [3.05, 3.63) is 35.4 Å². The molecule has 0 saturated carbocycles. The summed E-state index contributed by atoms with van der Waals surface area (Å²) < 4.78 is 9.37. The third-order valence-electron chi connectivity index (χ3n) is 2.84. The molecule has 6 nitrogen and oxygen atoms in total. The second-order valence-electron chi connectivity index (χ2n) is 5.67. The molecule has 1 aromatic rings. The van der Waals surface area contributed by atoms with Crippen LogP contribution in [0.1, 0.15) is 43.6 Å². The SMILES string of the molecule is CCOC(=O)NC(=O)COC(=O)c1ccc(C(C)(C)C)cc1. The summed E-state index contributed by atoms with van der Waals surface area (Å²) in [6.07, 6.45) is -0.863. The predicted molar refractivity (Wildman–Crippen MR) is 80.6 cm³/mol. The second-order valence-corrected chi connectivity index (χ2v) is 5.67. The number of benzene rings is 1. The van der Waals surface area contributed by atoms with Crippen molar-refractivity contribution in [1.29, 1.82) is 0 Å². The molecular weight excluding hydrogens is 286 g/mol. The first-order valence-electron chi connectivity index (χ1n) is 6.98. The first-order valence-corrected chi connectivity index (χ1v) is 6.98. The third-order valence-corrected chi connectivity index (χ3v) is 2.84. The van der Waals surface area contributed by atoms with Crippen molar-refractivity contribution in [2.75, 3.05) is 13.2 Å². The molecule has 0 heterocycles. The molecule has 1 rings (SSSR count). The molecule has 0 aliphatic heterocycles. The van der Waals surface area contributed by atoms with E-state index in [0.717, 1.165) is 5.56 Å². The summed E-state index contributed by atoms with van der Waals surface area (Å²) in [5.41, 5.74) is 1.42. The number of hydrogen-bond acceptors (Lipinski definition) is 5. The molecule has 0 fully saturated rings. The summed E-state index contributed by atoms with van der Waals surface area (Å²) in [5.74, 6) is -1.36. The molecule has 0 atom stereocenters. The Hall–Kier alpha value is -2.37. The highest BCUT2D eigenvalue weighted by atomic mass is 16.6. The van der Waals surface area contributed by atoms with E-state index in [1.807, 2.05) is 17.4 Å². The van der Waals surface area contributed by atoms with Gasteiger partial charge in [0.1, 0.15) is 0 Å². The van der Waals surface area contributed by atoms with Crippen LogP contribution in [0, 0.1) is 0 Å². The summed E-state index contributed by atoms with van der Waals surface area (Å²) in [5, 5.41) is 1.94. The smallest absolute Gasteiger partial charge is 0.413 e. The zero-order valence-corrected chi connectivity index (χ0v) is 13.3. The molecule has 22 heavy (non-hydrogen) atoms. The van der Waals surface area contributed by atoms with Gasteiger partial charge in [0.25, 0.3) is 5.91 Å². The van der Waals surface area contributed by atoms with Gasteiger partial charge in [-0.2, -0.15) is 0 Å². The van der Waals surface area contributed by atoms with Gasteiger partial charge in [-0.1, -0.05) is 32.9 Å². The fraction of sp³-hybridized carbons (Fsp3) is 0.438. The molecule has 1 aromatic carbocycles. The molecule has 6 heteroatoms. The van der Waals surface area contributed by atoms with E-state index in [1.54, 1.807) is 19.1 Å². The number of carbonyl (C=O) groups is 3. The fourth-order valence-electron chi connectivity index (χ4n) is 1.64. The van der Waals surface area contributed by atoms with Crippen LogP contribution < -0.4 is 5.32 Å². The number of alkyl carbamates (subject to hydrolysis) is 1. The van der Waals surface area contributed by atoms with Gasteiger partial charge in [0, 0.05) is 0 Å². The van der Waals surface area contributed by atoms with Crippen molar-refractivity contribution in [3.8, 4) is 0 Å². The normalized spacial score (nSPS) is 10.7. The van der Waals surface area contributed by atoms with E-state index < -0.39 is 24.6 Å². The number of rotatable bonds is 4. The average Bonchev–Trinajstić information content (AvgIpc) is 2.44. The summed E-state index contributed by atoms with van der Waals surface area (Å²) in [4.78, 5) is 34.2. The zero-order chi connectivity index (χ0) is 16.8. The van der Waals surface area contributed by atoms with Crippen molar-refractivity contribution in [2.24, 2.45) is 0 Å². The van der Waals surface area contributed by atoms with Gasteiger partial charge in [0.2, 0.25) is 0 Å². The van der Waals surface area contributed by atoms with E-state index in [-0.39, 0.29) is 12.0 Å². The van der Waals surface area contributed by atoms with E-state index >= 15 is 0 Å². The van der Waals surface area contributed by atoms with Crippen LogP contribution in [0.2, 0.25) is 0 Å². The minimum absolute atomic E-state index is 0.0119. The van der Waals surface area contributed by atoms with Crippen LogP contribution in [0.25, 0.3) is 0 Å². The molecule has 0 spiro atoms. The van der Waals surface area contributed by atoms with Crippen molar-refractivity contribution in [1.82, 2.24) is 5.32 Å². The highest BCUT2D eigenvalue weighted by Gasteiger charge is 2.16. The van der Waals surface area contributed by atoms with Gasteiger partial charge < -0.3 is 9.47 Å². The standard InChI is InChI=1S/C16H21NO5/c1-5-21-15(20)17-13(18)10-22-14(19)11-6-8-12(9-7-11)16(2,3)4/h6-9H,5,10H2,1-4H3,(H,17,18,20). The number of hydrogen-bond donors (Lipinski definition) is 1. The molecule has 0 unspecified atom stereocenters. The van der Waals surface area contributed by atoms with Crippen molar-refractivity contribution in [2.45, 2.75) is 33.1 Å². The first kappa shape index (κ1) is 17.7. The summed E-state index contributed by atoms with van der Waals surface area (Å²) >= 11 is 0. The molecule has 0 bridgehead atoms. The maximum atomic E-state index is 11.8. The zero-order valence-electron chi connectivity index (χ0n) is 13.3. The van der Waals surface area contributed by atoms with Crippen LogP contribution in [0.4, 0.5) is 4.79 Å². The molecule has 0 aliphatic carbocycles. The van der Waals surface area contributed by atoms with E-state index in [2.05, 4.69) is 25.5 Å². The molecule has 2 amide bonds. The number of imide groups is 1. The Kier molecular flexibility index (Phi) is 6.10. The molecular formula is C16H21NO5. The van der Waals surface area contributed by atoms with Crippen LogP contribution in [0.3, 0.4) is 0 Å². The van der Waals surface area contributed by atoms with Crippen molar-refractivity contribution in [3.63, 3.8) is 0 Å². The molecule has 1 N–H and O–H groups in total. The van der Waals surface area contributed by atoms with Gasteiger partial charge in [-0.25, -0.2) is 9.59 Å². The van der Waals surface area contributed by atoms with Crippen molar-refractivity contribution < 1.29 is 23.9 Å². The predicted octanol–water partition coefficient (Wildman–Crippen LogP) is 2.41. The van der Waals surface area contributed by atoms with Crippen molar-refractivity contribution >= 4 is 18.0 Å². The maximum absolute atomic E-state index is 11.8. The fourth-order valence-corrected chi connectivity index (χ4v) is 1.64. The minimum Gasteiger partial charge on any atom is -0.452 e. The van der Waals surface area contributed by atoms with Gasteiger partial charge in [-0.05, 0) is 30.0 Å². The van der Waals surface area contributed by atoms with E-state index in [0.29, 0.717) is 5.56 Å². The first-order chi connectivity index (χ1) is 10.2. The van der Waals surface area contributed by atoms with E-state index in [9.17, 15) is 14.4 Å². The quantitative estimate of drug-likeness (QED) is 0.864. The Labute approximate surface area is 129 Å². The second kappa shape index (κ2) is 7.59. The maximum Gasteiger partial charge on any atom is 0.413 e. The van der Waals surface area contributed by atoms with Gasteiger partial charge in [-0.15, -0.1) is 0 Å². The average molecular weight is 307 g/mol. The Morgan fingerprint density at radius 3 is 2.14 bits per heavy atom. The lowest BCUT2D eigenvalue weighted by molar-refractivity contribution is -0.123. The van der Waals surface area contributed by atoms with Crippen LogP contribution >= 0.6 is 0 Å². The molecule has 0 aliphatic rings. The lowest BCUT2D eigenvalue weighted by Crippen LogP contribution is -2.34. The van der Waals surface area contributed by atoms with Crippen LogP contribution in [0.15, 0.2) is 24.3 Å². The van der Waals surface area contributed by atoms with Gasteiger partial charge >= 0.3 is 12.1 Å². The van der Waals surface area contributed by atoms with E-state index in [1.165, 1.54) is 0 Å². The van der Waals surface area contributed by atoms with Gasteiger partial charge in [0.05, 0.1) is 12.2 Å². The number of ether oxygens (including phenoxy) is 2. The summed E-state index contributed by atoms with van der Waals surface area (Å²) in [6, 6.07) is 6.98. The van der Waals surface area contributed by atoms with Crippen LogP contribution in [-0.4, -0.2) is 31.2 Å². The lowest BCUT2D eigenvalue weighted by atomic mass is 9.87. The van der Waals surface area contributed by atoms with Gasteiger partial charge in [-0.3, -0.25) is 10.1 Å². The number of carbonyl (C=O) groups excluding carboxylic acids is 3. The Balaban J connectivity index is 2.52. The molecule has 120 valence electrons. The Bertz CT molecular complexity index is 543. The minimum atomic E-state index is -0.863. The topological polar surface area (TPSA) is 81.7 Å². The monoisotopic (exact) mass is 307 g/mol. The molecule has 0 radical (unpaired) electrons.